The molecular formula is C40H75N5O6S. The average Bonchev–Trinajstić information content (AvgIpc) is 3.83. The van der Waals surface area contributed by atoms with E-state index in [0.29, 0.717) is 24.5 Å². The summed E-state index contributed by atoms with van der Waals surface area (Å²) in [5.41, 5.74) is -0.549. The van der Waals surface area contributed by atoms with Crippen molar-refractivity contribution in [2.24, 2.45) is 11.8 Å². The normalized spacial score (nSPS) is 19.2. The third kappa shape index (κ3) is 19.5. The number of rotatable bonds is 19. The van der Waals surface area contributed by atoms with Gasteiger partial charge in [0, 0.05) is 34.3 Å². The summed E-state index contributed by atoms with van der Waals surface area (Å²) >= 11 is 0. The molecule has 1 saturated heterocycles. The number of hydrogen-bond acceptors (Lipinski definition) is 7. The molecule has 1 saturated carbocycles. The van der Waals surface area contributed by atoms with Crippen LogP contribution >= 0.6 is 0 Å². The van der Waals surface area contributed by atoms with Crippen molar-refractivity contribution in [1.29, 1.82) is 0 Å². The highest BCUT2D eigenvalue weighted by Crippen LogP contribution is 2.29. The van der Waals surface area contributed by atoms with E-state index in [-0.39, 0.29) is 41.0 Å². The van der Waals surface area contributed by atoms with E-state index in [4.69, 9.17) is 0 Å². The summed E-state index contributed by atoms with van der Waals surface area (Å²) in [4.78, 5) is 61.5. The quantitative estimate of drug-likeness (QED) is 0.0768. The molecule has 52 heavy (non-hydrogen) atoms. The van der Waals surface area contributed by atoms with Crippen molar-refractivity contribution in [2.45, 2.75) is 181 Å². The Morgan fingerprint density at radius 2 is 1.54 bits per heavy atom. The molecule has 1 aliphatic heterocycles. The van der Waals surface area contributed by atoms with Crippen molar-refractivity contribution in [3.05, 3.63) is 12.7 Å². The number of carbonyl (C=O) groups is 5. The van der Waals surface area contributed by atoms with Gasteiger partial charge in [0.15, 0.2) is 5.78 Å². The van der Waals surface area contributed by atoms with E-state index in [2.05, 4.69) is 67.8 Å². The first-order valence-electron chi connectivity index (χ1n) is 19.9. The third-order valence-electron chi connectivity index (χ3n) is 9.49. The van der Waals surface area contributed by atoms with Crippen LogP contribution in [0.4, 0.5) is 4.79 Å². The number of hydrogen-bond donors (Lipinski definition) is 5. The SMILES string of the molecule is C=CCNC(=O)C(=O)C(CCC(C)CC)NC(=O)C1CCCN1.CCC.CCCC(C)(CS(=O)C(C)(C)C)NC(=O)NC(C(=O)CC)C1CCCC1. The van der Waals surface area contributed by atoms with Gasteiger partial charge in [-0.25, -0.2) is 4.79 Å². The molecule has 0 aromatic heterocycles. The van der Waals surface area contributed by atoms with Crippen LogP contribution < -0.4 is 26.6 Å². The first kappa shape index (κ1) is 49.4. The Balaban J connectivity index is 0.000000935. The van der Waals surface area contributed by atoms with E-state index in [0.717, 1.165) is 70.8 Å². The summed E-state index contributed by atoms with van der Waals surface area (Å²) in [6.45, 7) is 24.7. The van der Waals surface area contributed by atoms with Crippen molar-refractivity contribution >= 4 is 40.2 Å². The highest BCUT2D eigenvalue weighted by molar-refractivity contribution is 7.86. The summed E-state index contributed by atoms with van der Waals surface area (Å²) in [7, 11) is -1.06. The zero-order chi connectivity index (χ0) is 39.9. The maximum Gasteiger partial charge on any atom is 0.315 e. The number of ketones is 2. The second kappa shape index (κ2) is 26.2. The molecule has 302 valence electrons. The van der Waals surface area contributed by atoms with Crippen molar-refractivity contribution in [3.8, 4) is 0 Å². The smallest absolute Gasteiger partial charge is 0.315 e. The van der Waals surface area contributed by atoms with E-state index in [1.165, 1.54) is 12.5 Å². The van der Waals surface area contributed by atoms with Gasteiger partial charge in [0.2, 0.25) is 11.7 Å². The van der Waals surface area contributed by atoms with Gasteiger partial charge in [-0.1, -0.05) is 79.7 Å². The molecule has 0 aromatic rings. The third-order valence-corrected chi connectivity index (χ3v) is 11.8. The number of urea groups is 1. The van der Waals surface area contributed by atoms with Gasteiger partial charge in [-0.3, -0.25) is 23.4 Å². The van der Waals surface area contributed by atoms with Gasteiger partial charge >= 0.3 is 6.03 Å². The molecule has 12 heteroatoms. The van der Waals surface area contributed by atoms with Gasteiger partial charge in [-0.2, -0.15) is 0 Å². The zero-order valence-corrected chi connectivity index (χ0v) is 35.2. The number of amides is 4. The molecule has 11 nitrogen and oxygen atoms in total. The molecular weight excluding hydrogens is 679 g/mol. The van der Waals surface area contributed by atoms with Gasteiger partial charge in [0.1, 0.15) is 0 Å². The summed E-state index contributed by atoms with van der Waals surface area (Å²) in [6.07, 6.45) is 13.1. The lowest BCUT2D eigenvalue weighted by Gasteiger charge is -2.34. The van der Waals surface area contributed by atoms with Crippen LogP contribution in [0, 0.1) is 11.8 Å². The first-order valence-corrected chi connectivity index (χ1v) is 21.2. The first-order chi connectivity index (χ1) is 24.4. The topological polar surface area (TPSA) is 163 Å². The van der Waals surface area contributed by atoms with Crippen LogP contribution in [0.15, 0.2) is 12.7 Å². The second-order valence-electron chi connectivity index (χ2n) is 15.7. The van der Waals surface area contributed by atoms with E-state index >= 15 is 0 Å². The van der Waals surface area contributed by atoms with Gasteiger partial charge < -0.3 is 26.6 Å². The minimum absolute atomic E-state index is 0.0995. The maximum absolute atomic E-state index is 12.7. The average molecular weight is 754 g/mol. The zero-order valence-electron chi connectivity index (χ0n) is 34.3. The van der Waals surface area contributed by atoms with Crippen LogP contribution in [0.25, 0.3) is 0 Å². The van der Waals surface area contributed by atoms with Crippen molar-refractivity contribution < 1.29 is 28.2 Å². The molecule has 2 aliphatic rings. The Bertz CT molecular complexity index is 1130. The second-order valence-corrected chi connectivity index (χ2v) is 17.9. The van der Waals surface area contributed by atoms with E-state index in [1.807, 2.05) is 34.6 Å². The molecule has 0 bridgehead atoms. The van der Waals surface area contributed by atoms with Crippen LogP contribution in [-0.2, 0) is 30.0 Å². The Hall–Kier alpha value is -2.60. The number of carbonyl (C=O) groups excluding carboxylic acids is 5. The van der Waals surface area contributed by atoms with Gasteiger partial charge in [-0.05, 0) is 91.0 Å². The van der Waals surface area contributed by atoms with Crippen LogP contribution in [0.1, 0.15) is 153 Å². The highest BCUT2D eigenvalue weighted by atomic mass is 32.2. The molecule has 6 unspecified atom stereocenters. The number of nitrogens with one attached hydrogen (secondary N) is 5. The lowest BCUT2D eigenvalue weighted by Crippen LogP contribution is -2.57. The number of Topliss-reactive ketones (excluding diaryl/α,β-unsaturated/α-hetero) is 2. The monoisotopic (exact) mass is 754 g/mol. The minimum atomic E-state index is -1.06. The van der Waals surface area contributed by atoms with E-state index in [9.17, 15) is 28.2 Å². The minimum Gasteiger partial charge on any atom is -0.346 e. The fourth-order valence-electron chi connectivity index (χ4n) is 6.17. The predicted molar refractivity (Wildman–Crippen MR) is 215 cm³/mol. The molecule has 2 fully saturated rings. The van der Waals surface area contributed by atoms with Crippen molar-refractivity contribution in [1.82, 2.24) is 26.6 Å². The Kier molecular flexibility index (Phi) is 24.9. The largest absolute Gasteiger partial charge is 0.346 e. The van der Waals surface area contributed by atoms with Gasteiger partial charge in [0.05, 0.1) is 23.7 Å². The molecule has 6 atom stereocenters. The van der Waals surface area contributed by atoms with Crippen LogP contribution in [0.3, 0.4) is 0 Å². The summed E-state index contributed by atoms with van der Waals surface area (Å²) < 4.78 is 12.3. The van der Waals surface area contributed by atoms with Gasteiger partial charge in [0.25, 0.3) is 5.91 Å². The lowest BCUT2D eigenvalue weighted by molar-refractivity contribution is -0.140. The standard InChI is InChI=1S/C20H38N2O3S.C17H29N3O3.C3H8/c1-7-13-20(6,14-26(25)19(3,4)5)22-18(24)21-17(16(23)8-2)15-11-9-10-12-15;1-4-10-19-17(23)15(21)13(9-8-12(3)5-2)20-16(22)14-7-6-11-18-14;1-3-2/h15,17H,7-14H2,1-6H3,(H2,21,22,24);4,12-14,18H,1,5-11H2,2-3H3,(H,19,23)(H,20,22);3H2,1-2H3. The lowest BCUT2D eigenvalue weighted by atomic mass is 9.93. The molecule has 1 heterocycles. The Morgan fingerprint density at radius 1 is 0.923 bits per heavy atom. The van der Waals surface area contributed by atoms with Crippen LogP contribution in [0.5, 0.6) is 0 Å². The molecule has 0 spiro atoms. The Labute approximate surface area is 318 Å². The predicted octanol–water partition coefficient (Wildman–Crippen LogP) is 6.27. The van der Waals surface area contributed by atoms with Gasteiger partial charge in [-0.15, -0.1) is 6.58 Å². The van der Waals surface area contributed by atoms with Crippen LogP contribution in [-0.4, -0.2) is 80.9 Å². The molecule has 1 aliphatic carbocycles. The van der Waals surface area contributed by atoms with Crippen molar-refractivity contribution in [2.75, 3.05) is 18.8 Å². The highest BCUT2D eigenvalue weighted by Gasteiger charge is 2.35. The molecule has 2 rings (SSSR count). The van der Waals surface area contributed by atoms with E-state index in [1.54, 1.807) is 0 Å². The summed E-state index contributed by atoms with van der Waals surface area (Å²) in [6, 6.07) is -1.74. The maximum atomic E-state index is 12.7. The van der Waals surface area contributed by atoms with E-state index < -0.39 is 40.1 Å². The summed E-state index contributed by atoms with van der Waals surface area (Å²) in [5, 5.41) is 14.3. The fourth-order valence-corrected chi connectivity index (χ4v) is 7.39. The molecule has 0 aromatic carbocycles. The molecule has 0 radical (unpaired) electrons. The van der Waals surface area contributed by atoms with Crippen LogP contribution in [0.2, 0.25) is 0 Å². The fraction of sp³-hybridized carbons (Fsp3) is 0.825. The molecule has 5 N–H and O–H groups in total. The summed E-state index contributed by atoms with van der Waals surface area (Å²) in [5.74, 6) is -0.241. The molecule has 4 amide bonds. The Morgan fingerprint density at radius 3 is 2.02 bits per heavy atom. The van der Waals surface area contributed by atoms with Crippen molar-refractivity contribution in [3.63, 3.8) is 0 Å².